The summed E-state index contributed by atoms with van der Waals surface area (Å²) in [5.41, 5.74) is -0.772. The molecule has 3 rings (SSSR count). The van der Waals surface area contributed by atoms with Gasteiger partial charge in [0.05, 0.1) is 0 Å². The van der Waals surface area contributed by atoms with E-state index in [-0.39, 0.29) is 25.7 Å². The van der Waals surface area contributed by atoms with Gasteiger partial charge in [0, 0.05) is 7.05 Å². The monoisotopic (exact) mass is 360 g/mol. The molecule has 0 atom stereocenters. The first-order valence-electron chi connectivity index (χ1n) is 8.98. The molecule has 7 heteroatoms. The second-order valence-corrected chi connectivity index (χ2v) is 6.71. The Hall–Kier alpha value is -2.57. The molecule has 1 saturated carbocycles. The van der Waals surface area contributed by atoms with Crippen LogP contribution in [0.25, 0.3) is 0 Å². The van der Waals surface area contributed by atoms with Crippen LogP contribution in [0.2, 0.25) is 0 Å². The Morgan fingerprint density at radius 3 is 2.46 bits per heavy atom. The number of esters is 1. The molecule has 0 radical (unpaired) electrons. The molecule has 3 amide bonds. The van der Waals surface area contributed by atoms with Gasteiger partial charge in [-0.3, -0.25) is 14.5 Å². The molecule has 1 spiro atoms. The Morgan fingerprint density at radius 1 is 1.08 bits per heavy atom. The number of amides is 3. The highest BCUT2D eigenvalue weighted by Gasteiger charge is 2.55. The number of rotatable bonds is 6. The second kappa shape index (κ2) is 7.76. The van der Waals surface area contributed by atoms with E-state index in [1.807, 2.05) is 30.3 Å². The van der Waals surface area contributed by atoms with Crippen molar-refractivity contribution in [1.82, 2.24) is 9.80 Å². The van der Waals surface area contributed by atoms with E-state index in [0.717, 1.165) is 24.2 Å². The van der Waals surface area contributed by atoms with Crippen molar-refractivity contribution in [3.8, 4) is 5.75 Å². The molecule has 2 aliphatic rings. The number of para-hydroxylation sites is 1. The summed E-state index contributed by atoms with van der Waals surface area (Å²) in [6.45, 7) is -0.0818. The third-order valence-electron chi connectivity index (χ3n) is 5.13. The van der Waals surface area contributed by atoms with E-state index >= 15 is 0 Å². The Bertz CT molecular complexity index is 670. The summed E-state index contributed by atoms with van der Waals surface area (Å²) in [6.07, 6.45) is 4.21. The van der Waals surface area contributed by atoms with E-state index < -0.39 is 17.5 Å². The second-order valence-electron chi connectivity index (χ2n) is 6.71. The van der Waals surface area contributed by atoms with Gasteiger partial charge in [-0.15, -0.1) is 0 Å². The zero-order valence-corrected chi connectivity index (χ0v) is 15.0. The fraction of sp³-hybridized carbons (Fsp3) is 0.526. The highest BCUT2D eigenvalue weighted by molar-refractivity contribution is 6.08. The zero-order valence-electron chi connectivity index (χ0n) is 15.0. The van der Waals surface area contributed by atoms with E-state index in [1.165, 1.54) is 4.90 Å². The Labute approximate surface area is 152 Å². The Balaban J connectivity index is 1.49. The molecule has 140 valence electrons. The molecule has 0 N–H and O–H groups in total. The average molecular weight is 360 g/mol. The van der Waals surface area contributed by atoms with E-state index in [1.54, 1.807) is 7.05 Å². The molecule has 1 aliphatic carbocycles. The maximum absolute atomic E-state index is 12.8. The standard InChI is InChI=1S/C19H24N2O5/c1-20-18(24)21(17(23)19(20)10-6-3-7-11-19)14-16(22)26-13-12-25-15-8-4-2-5-9-15/h2,4-5,8-9H,3,6-7,10-14H2,1H3. The summed E-state index contributed by atoms with van der Waals surface area (Å²) in [6, 6.07) is 8.78. The number of ether oxygens (including phenoxy) is 2. The summed E-state index contributed by atoms with van der Waals surface area (Å²) < 4.78 is 10.5. The smallest absolute Gasteiger partial charge is 0.327 e. The number of urea groups is 1. The maximum Gasteiger partial charge on any atom is 0.327 e. The number of carbonyl (C=O) groups excluding carboxylic acids is 3. The van der Waals surface area contributed by atoms with Gasteiger partial charge >= 0.3 is 12.0 Å². The van der Waals surface area contributed by atoms with Gasteiger partial charge in [0.2, 0.25) is 0 Å². The van der Waals surface area contributed by atoms with Gasteiger partial charge in [-0.05, 0) is 25.0 Å². The van der Waals surface area contributed by atoms with Crippen LogP contribution in [0.5, 0.6) is 5.75 Å². The summed E-state index contributed by atoms with van der Waals surface area (Å²) in [5, 5.41) is 0. The van der Waals surface area contributed by atoms with Crippen LogP contribution < -0.4 is 4.74 Å². The van der Waals surface area contributed by atoms with Gasteiger partial charge < -0.3 is 14.4 Å². The van der Waals surface area contributed by atoms with Gasteiger partial charge in [0.25, 0.3) is 5.91 Å². The fourth-order valence-electron chi connectivity index (χ4n) is 3.68. The largest absolute Gasteiger partial charge is 0.490 e. The quantitative estimate of drug-likeness (QED) is 0.442. The normalized spacial score (nSPS) is 19.1. The third kappa shape index (κ3) is 3.52. The van der Waals surface area contributed by atoms with Crippen LogP contribution in [0, 0.1) is 0 Å². The highest BCUT2D eigenvalue weighted by atomic mass is 16.6. The molecule has 1 aromatic rings. The third-order valence-corrected chi connectivity index (χ3v) is 5.13. The molecule has 2 fully saturated rings. The highest BCUT2D eigenvalue weighted by Crippen LogP contribution is 2.39. The number of hydrogen-bond donors (Lipinski definition) is 0. The lowest BCUT2D eigenvalue weighted by Crippen LogP contribution is -2.49. The first-order chi connectivity index (χ1) is 12.5. The van der Waals surface area contributed by atoms with Gasteiger partial charge in [0.15, 0.2) is 0 Å². The van der Waals surface area contributed by atoms with Crippen molar-refractivity contribution in [3.05, 3.63) is 30.3 Å². The Morgan fingerprint density at radius 2 is 1.77 bits per heavy atom. The van der Waals surface area contributed by atoms with E-state index in [9.17, 15) is 14.4 Å². The summed E-state index contributed by atoms with van der Waals surface area (Å²) in [5.74, 6) is -0.193. The number of benzene rings is 1. The fourth-order valence-corrected chi connectivity index (χ4v) is 3.68. The van der Waals surface area contributed by atoms with Crippen LogP contribution in [0.3, 0.4) is 0 Å². The first kappa shape index (κ1) is 18.2. The van der Waals surface area contributed by atoms with Crippen molar-refractivity contribution < 1.29 is 23.9 Å². The average Bonchev–Trinajstić information content (AvgIpc) is 2.83. The minimum atomic E-state index is -0.772. The lowest BCUT2D eigenvalue weighted by Gasteiger charge is -2.35. The number of hydrogen-bond acceptors (Lipinski definition) is 5. The number of nitrogens with zero attached hydrogens (tertiary/aromatic N) is 2. The van der Waals surface area contributed by atoms with Crippen molar-refractivity contribution in [2.24, 2.45) is 0 Å². The van der Waals surface area contributed by atoms with Crippen molar-refractivity contribution in [2.45, 2.75) is 37.6 Å². The molecule has 0 aromatic heterocycles. The molecule has 7 nitrogen and oxygen atoms in total. The van der Waals surface area contributed by atoms with E-state index in [2.05, 4.69) is 0 Å². The van der Waals surface area contributed by atoms with Crippen molar-refractivity contribution >= 4 is 17.9 Å². The summed E-state index contributed by atoms with van der Waals surface area (Å²) in [4.78, 5) is 39.8. The Kier molecular flexibility index (Phi) is 5.44. The first-order valence-corrected chi connectivity index (χ1v) is 8.98. The number of likely N-dealkylation sites (N-methyl/N-ethyl adjacent to an activating group) is 1. The van der Waals surface area contributed by atoms with Crippen LogP contribution in [-0.2, 0) is 14.3 Å². The van der Waals surface area contributed by atoms with Crippen molar-refractivity contribution in [2.75, 3.05) is 26.8 Å². The topological polar surface area (TPSA) is 76.2 Å². The lowest BCUT2D eigenvalue weighted by atomic mass is 9.81. The van der Waals surface area contributed by atoms with Crippen LogP contribution in [0.15, 0.2) is 30.3 Å². The molecule has 0 unspecified atom stereocenters. The SMILES string of the molecule is CN1C(=O)N(CC(=O)OCCOc2ccccc2)C(=O)C12CCCCC2. The van der Waals surface area contributed by atoms with Crippen molar-refractivity contribution in [3.63, 3.8) is 0 Å². The molecule has 1 aromatic carbocycles. The molecule has 1 saturated heterocycles. The van der Waals surface area contributed by atoms with E-state index in [4.69, 9.17) is 9.47 Å². The van der Waals surface area contributed by atoms with Gasteiger partial charge in [-0.25, -0.2) is 4.79 Å². The molecule has 26 heavy (non-hydrogen) atoms. The minimum absolute atomic E-state index is 0.0604. The van der Waals surface area contributed by atoms with Gasteiger partial charge in [0.1, 0.15) is 31.0 Å². The number of imide groups is 1. The van der Waals surface area contributed by atoms with Crippen LogP contribution in [-0.4, -0.2) is 60.1 Å². The predicted molar refractivity (Wildman–Crippen MR) is 93.6 cm³/mol. The van der Waals surface area contributed by atoms with Crippen molar-refractivity contribution in [1.29, 1.82) is 0 Å². The zero-order chi connectivity index (χ0) is 18.6. The van der Waals surface area contributed by atoms with Gasteiger partial charge in [-0.1, -0.05) is 37.5 Å². The minimum Gasteiger partial charge on any atom is -0.490 e. The van der Waals surface area contributed by atoms with Gasteiger partial charge in [-0.2, -0.15) is 0 Å². The molecular formula is C19H24N2O5. The van der Waals surface area contributed by atoms with E-state index in [0.29, 0.717) is 18.6 Å². The lowest BCUT2D eigenvalue weighted by molar-refractivity contribution is -0.148. The predicted octanol–water partition coefficient (Wildman–Crippen LogP) is 2.21. The molecule has 1 aliphatic heterocycles. The van der Waals surface area contributed by atoms with Crippen LogP contribution in [0.1, 0.15) is 32.1 Å². The molecular weight excluding hydrogens is 336 g/mol. The molecule has 0 bridgehead atoms. The van der Waals surface area contributed by atoms with Crippen LogP contribution in [0.4, 0.5) is 4.79 Å². The summed E-state index contributed by atoms with van der Waals surface area (Å²) >= 11 is 0. The maximum atomic E-state index is 12.8. The molecule has 1 heterocycles. The summed E-state index contributed by atoms with van der Waals surface area (Å²) in [7, 11) is 1.64. The number of carbonyl (C=O) groups is 3. The van der Waals surface area contributed by atoms with Crippen LogP contribution >= 0.6 is 0 Å².